The van der Waals surface area contributed by atoms with E-state index in [9.17, 15) is 15.0 Å². The van der Waals surface area contributed by atoms with Gasteiger partial charge in [-0.3, -0.25) is 0 Å². The zero-order valence-electron chi connectivity index (χ0n) is 17.2. The van der Waals surface area contributed by atoms with Crippen molar-refractivity contribution in [1.82, 2.24) is 0 Å². The van der Waals surface area contributed by atoms with Crippen LogP contribution in [0.3, 0.4) is 0 Å². The molecule has 0 radical (unpaired) electrons. The van der Waals surface area contributed by atoms with E-state index < -0.39 is 5.97 Å². The number of aromatic hydroxyl groups is 1. The summed E-state index contributed by atoms with van der Waals surface area (Å²) in [5.41, 5.74) is 3.15. The number of hydrogen-bond acceptors (Lipinski definition) is 2. The lowest BCUT2D eigenvalue weighted by Crippen LogP contribution is -2.49. The van der Waals surface area contributed by atoms with Crippen molar-refractivity contribution < 1.29 is 15.0 Å². The van der Waals surface area contributed by atoms with Crippen molar-refractivity contribution in [3.05, 3.63) is 59.2 Å². The fourth-order valence-electron chi connectivity index (χ4n) is 7.65. The van der Waals surface area contributed by atoms with Crippen LogP contribution in [0.2, 0.25) is 0 Å². The van der Waals surface area contributed by atoms with Crippen LogP contribution in [0.1, 0.15) is 72.9 Å². The molecule has 0 amide bonds. The zero-order chi connectivity index (χ0) is 20.5. The number of rotatable bonds is 3. The lowest BCUT2D eigenvalue weighted by molar-refractivity contribution is -0.00669. The SMILES string of the molecule is O=C(O)c1cc2cccc(C3=CC=CCC3)c2c(O)c1C12CC3CC(CC(C3)C1)C2. The van der Waals surface area contributed by atoms with E-state index in [1.807, 2.05) is 18.2 Å². The molecule has 0 saturated heterocycles. The highest BCUT2D eigenvalue weighted by atomic mass is 16.4. The minimum absolute atomic E-state index is 0.172. The minimum atomic E-state index is -0.914. The van der Waals surface area contributed by atoms with Crippen LogP contribution < -0.4 is 0 Å². The first-order chi connectivity index (χ1) is 14.5. The van der Waals surface area contributed by atoms with E-state index in [-0.39, 0.29) is 11.2 Å². The van der Waals surface area contributed by atoms with Crippen molar-refractivity contribution >= 4 is 22.3 Å². The Morgan fingerprint density at radius 1 is 1.03 bits per heavy atom. The van der Waals surface area contributed by atoms with Crippen LogP contribution in [0.5, 0.6) is 5.75 Å². The number of allylic oxidation sites excluding steroid dienone is 4. The number of fused-ring (bicyclic) bond motifs is 1. The van der Waals surface area contributed by atoms with Gasteiger partial charge in [-0.15, -0.1) is 0 Å². The molecule has 5 aliphatic carbocycles. The summed E-state index contributed by atoms with van der Waals surface area (Å²) in [6.45, 7) is 0. The fourth-order valence-corrected chi connectivity index (χ4v) is 7.65. The molecule has 2 aromatic carbocycles. The van der Waals surface area contributed by atoms with E-state index >= 15 is 0 Å². The third kappa shape index (κ3) is 2.60. The Bertz CT molecular complexity index is 1090. The lowest BCUT2D eigenvalue weighted by Gasteiger charge is -2.57. The predicted octanol–water partition coefficient (Wildman–Crippen LogP) is 6.44. The van der Waals surface area contributed by atoms with Gasteiger partial charge in [0.15, 0.2) is 0 Å². The Morgan fingerprint density at radius 3 is 2.33 bits per heavy atom. The molecule has 3 nitrogen and oxygen atoms in total. The van der Waals surface area contributed by atoms with Crippen LogP contribution in [0.4, 0.5) is 0 Å². The maximum absolute atomic E-state index is 12.4. The summed E-state index contributed by atoms with van der Waals surface area (Å²) in [7, 11) is 0. The normalized spacial score (nSPS) is 31.9. The Kier molecular flexibility index (Phi) is 3.93. The molecule has 5 aliphatic rings. The smallest absolute Gasteiger partial charge is 0.336 e. The third-order valence-corrected chi connectivity index (χ3v) is 8.30. The van der Waals surface area contributed by atoms with Gasteiger partial charge in [0.2, 0.25) is 0 Å². The van der Waals surface area contributed by atoms with E-state index in [1.54, 1.807) is 0 Å². The van der Waals surface area contributed by atoms with Gasteiger partial charge in [-0.2, -0.15) is 0 Å². The van der Waals surface area contributed by atoms with Crippen molar-refractivity contribution in [2.45, 2.75) is 56.8 Å². The van der Waals surface area contributed by atoms with E-state index in [2.05, 4.69) is 24.3 Å². The summed E-state index contributed by atoms with van der Waals surface area (Å²) in [5, 5.41) is 23.5. The summed E-state index contributed by atoms with van der Waals surface area (Å²) in [4.78, 5) is 12.4. The highest BCUT2D eigenvalue weighted by Crippen LogP contribution is 2.63. The van der Waals surface area contributed by atoms with Gasteiger partial charge in [0, 0.05) is 16.4 Å². The predicted molar refractivity (Wildman–Crippen MR) is 119 cm³/mol. The summed E-state index contributed by atoms with van der Waals surface area (Å²) < 4.78 is 0. The van der Waals surface area contributed by atoms with Crippen LogP contribution in [0.25, 0.3) is 16.3 Å². The molecule has 2 aromatic rings. The second kappa shape index (κ2) is 6.47. The molecule has 4 bridgehead atoms. The molecule has 30 heavy (non-hydrogen) atoms. The molecule has 0 aliphatic heterocycles. The molecule has 2 N–H and O–H groups in total. The number of benzene rings is 2. The van der Waals surface area contributed by atoms with Gasteiger partial charge in [-0.1, -0.05) is 36.4 Å². The fraction of sp³-hybridized carbons (Fsp3) is 0.444. The van der Waals surface area contributed by atoms with Crippen LogP contribution in [-0.2, 0) is 5.41 Å². The Labute approximate surface area is 177 Å². The van der Waals surface area contributed by atoms with Crippen molar-refractivity contribution in [2.75, 3.05) is 0 Å². The van der Waals surface area contributed by atoms with E-state index in [0.29, 0.717) is 23.3 Å². The Hall–Kier alpha value is -2.55. The maximum atomic E-state index is 12.4. The van der Waals surface area contributed by atoms with E-state index in [1.165, 1.54) is 24.8 Å². The summed E-state index contributed by atoms with van der Waals surface area (Å²) in [5.74, 6) is 1.39. The Morgan fingerprint density at radius 2 is 1.73 bits per heavy atom. The third-order valence-electron chi connectivity index (χ3n) is 8.30. The van der Waals surface area contributed by atoms with Crippen molar-refractivity contribution in [2.24, 2.45) is 17.8 Å². The zero-order valence-corrected chi connectivity index (χ0v) is 17.2. The first-order valence-corrected chi connectivity index (χ1v) is 11.4. The number of carbonyl (C=O) groups is 1. The summed E-state index contributed by atoms with van der Waals surface area (Å²) in [6, 6.07) is 7.82. The Balaban J connectivity index is 1.63. The monoisotopic (exact) mass is 400 g/mol. The number of carboxylic acids is 1. The molecular weight excluding hydrogens is 372 g/mol. The van der Waals surface area contributed by atoms with Crippen molar-refractivity contribution in [3.8, 4) is 5.75 Å². The molecule has 4 saturated carbocycles. The molecule has 4 fully saturated rings. The standard InChI is InChI=1S/C27H28O3/c28-25-23-20(7-4-8-21(23)19-5-2-1-3-6-19)12-22(26(29)30)24(25)27-13-16-9-17(14-27)11-18(10-16)15-27/h1-2,4-5,7-8,12,16-18,28H,3,6,9-11,13-15H2,(H,29,30). The average molecular weight is 401 g/mol. The van der Waals surface area contributed by atoms with Crippen LogP contribution in [0.15, 0.2) is 42.5 Å². The second-order valence-electron chi connectivity index (χ2n) is 10.2. The molecule has 154 valence electrons. The number of carboxylic acid groups (broad SMARTS) is 1. The van der Waals surface area contributed by atoms with Gasteiger partial charge < -0.3 is 10.2 Å². The molecule has 7 rings (SSSR count). The molecule has 0 aromatic heterocycles. The molecular formula is C27H28O3. The molecule has 0 unspecified atom stereocenters. The van der Waals surface area contributed by atoms with Gasteiger partial charge in [-0.25, -0.2) is 4.79 Å². The van der Waals surface area contributed by atoms with Crippen LogP contribution in [0, 0.1) is 17.8 Å². The number of phenolic OH excluding ortho intramolecular Hbond substituents is 1. The molecule has 0 atom stereocenters. The quantitative estimate of drug-likeness (QED) is 0.623. The molecule has 0 heterocycles. The molecule has 0 spiro atoms. The summed E-state index contributed by atoms with van der Waals surface area (Å²) in [6.07, 6.45) is 15.3. The highest BCUT2D eigenvalue weighted by Gasteiger charge is 2.53. The first-order valence-electron chi connectivity index (χ1n) is 11.4. The number of hydrogen-bond donors (Lipinski definition) is 2. The number of phenols is 1. The van der Waals surface area contributed by atoms with E-state index in [0.717, 1.165) is 54.0 Å². The van der Waals surface area contributed by atoms with Crippen molar-refractivity contribution in [1.29, 1.82) is 0 Å². The topological polar surface area (TPSA) is 57.5 Å². The molecule has 3 heteroatoms. The van der Waals surface area contributed by atoms with Gasteiger partial charge in [0.25, 0.3) is 0 Å². The van der Waals surface area contributed by atoms with Crippen LogP contribution in [-0.4, -0.2) is 16.2 Å². The van der Waals surface area contributed by atoms with Gasteiger partial charge in [0.1, 0.15) is 5.75 Å². The maximum Gasteiger partial charge on any atom is 0.336 e. The second-order valence-corrected chi connectivity index (χ2v) is 10.2. The van der Waals surface area contributed by atoms with Gasteiger partial charge >= 0.3 is 5.97 Å². The van der Waals surface area contributed by atoms with Crippen LogP contribution >= 0.6 is 0 Å². The lowest BCUT2D eigenvalue weighted by atomic mass is 9.47. The minimum Gasteiger partial charge on any atom is -0.507 e. The largest absolute Gasteiger partial charge is 0.507 e. The van der Waals surface area contributed by atoms with Gasteiger partial charge in [0.05, 0.1) is 5.56 Å². The highest BCUT2D eigenvalue weighted by molar-refractivity contribution is 6.04. The van der Waals surface area contributed by atoms with Gasteiger partial charge in [-0.05, 0) is 91.7 Å². The average Bonchev–Trinajstić information content (AvgIpc) is 2.72. The number of aromatic carboxylic acids is 1. The summed E-state index contributed by atoms with van der Waals surface area (Å²) >= 11 is 0. The van der Waals surface area contributed by atoms with E-state index in [4.69, 9.17) is 0 Å². The first kappa shape index (κ1) is 18.2. The van der Waals surface area contributed by atoms with Crippen molar-refractivity contribution in [3.63, 3.8) is 0 Å².